The molecule has 0 saturated carbocycles. The number of morpholine rings is 1. The molecular formula is C25H37FN8O. The van der Waals surface area contributed by atoms with Crippen LogP contribution in [0.4, 0.5) is 27.7 Å². The monoisotopic (exact) mass is 484 g/mol. The van der Waals surface area contributed by atoms with Crippen LogP contribution in [0.3, 0.4) is 0 Å². The highest BCUT2D eigenvalue weighted by atomic mass is 19.1. The Morgan fingerprint density at radius 3 is 1.91 bits per heavy atom. The van der Waals surface area contributed by atoms with Crippen molar-refractivity contribution in [3.63, 3.8) is 0 Å². The zero-order valence-corrected chi connectivity index (χ0v) is 20.7. The van der Waals surface area contributed by atoms with Crippen LogP contribution in [0.15, 0.2) is 24.3 Å². The Morgan fingerprint density at radius 2 is 1.31 bits per heavy atom. The van der Waals surface area contributed by atoms with Gasteiger partial charge in [-0.3, -0.25) is 4.90 Å². The Hall–Kier alpha value is -2.69. The molecule has 9 nitrogen and oxygen atoms in total. The van der Waals surface area contributed by atoms with Gasteiger partial charge in [-0.25, -0.2) is 0 Å². The molecule has 35 heavy (non-hydrogen) atoms. The van der Waals surface area contributed by atoms with Gasteiger partial charge in [0.2, 0.25) is 11.8 Å². The van der Waals surface area contributed by atoms with Crippen LogP contribution >= 0.6 is 0 Å². The number of halogens is 1. The molecule has 3 aliphatic rings. The van der Waals surface area contributed by atoms with Gasteiger partial charge in [0.15, 0.2) is 11.6 Å². The van der Waals surface area contributed by atoms with E-state index in [2.05, 4.69) is 50.8 Å². The summed E-state index contributed by atoms with van der Waals surface area (Å²) >= 11 is 0. The minimum absolute atomic E-state index is 0.318. The standard InChI is InChI=1S/C25H37FN8O/c1-20-2-4-21(5-3-20)31-12-14-32(15-13-31)23-22(26)24(33-16-18-35-19-17-33)29-25(28-23)34-10-8-30(7-6-27)9-11-34/h2-5H,6-19,27H2,1H3. The quantitative estimate of drug-likeness (QED) is 0.650. The maximum Gasteiger partial charge on any atom is 0.229 e. The molecule has 1 aromatic carbocycles. The largest absolute Gasteiger partial charge is 0.378 e. The fourth-order valence-electron chi connectivity index (χ4n) is 5.03. The van der Waals surface area contributed by atoms with Gasteiger partial charge in [-0.1, -0.05) is 17.7 Å². The van der Waals surface area contributed by atoms with E-state index >= 15 is 4.39 Å². The highest BCUT2D eigenvalue weighted by Crippen LogP contribution is 2.30. The van der Waals surface area contributed by atoms with Gasteiger partial charge in [0.05, 0.1) is 13.2 Å². The Morgan fingerprint density at radius 1 is 0.771 bits per heavy atom. The average molecular weight is 485 g/mol. The van der Waals surface area contributed by atoms with Crippen molar-refractivity contribution in [1.82, 2.24) is 14.9 Å². The van der Waals surface area contributed by atoms with E-state index < -0.39 is 0 Å². The topological polar surface area (TPSA) is 77.2 Å². The number of nitrogens with two attached hydrogens (primary N) is 1. The van der Waals surface area contributed by atoms with Crippen LogP contribution < -0.4 is 25.3 Å². The van der Waals surface area contributed by atoms with E-state index in [1.807, 2.05) is 4.90 Å². The molecule has 0 radical (unpaired) electrons. The smallest absolute Gasteiger partial charge is 0.229 e. The summed E-state index contributed by atoms with van der Waals surface area (Å²) in [6.45, 7) is 12.6. The Bertz CT molecular complexity index is 968. The lowest BCUT2D eigenvalue weighted by molar-refractivity contribution is 0.122. The summed E-state index contributed by atoms with van der Waals surface area (Å²) in [6.07, 6.45) is 0. The molecular weight excluding hydrogens is 447 g/mol. The van der Waals surface area contributed by atoms with Crippen LogP contribution in [0.2, 0.25) is 0 Å². The van der Waals surface area contributed by atoms with Crippen LogP contribution in [-0.4, -0.2) is 107 Å². The molecule has 2 N–H and O–H groups in total. The highest BCUT2D eigenvalue weighted by molar-refractivity contribution is 5.59. The molecule has 0 amide bonds. The van der Waals surface area contributed by atoms with Gasteiger partial charge in [-0.2, -0.15) is 14.4 Å². The summed E-state index contributed by atoms with van der Waals surface area (Å²) in [5, 5.41) is 0. The first kappa shape index (κ1) is 24.0. The highest BCUT2D eigenvalue weighted by Gasteiger charge is 2.29. The SMILES string of the molecule is Cc1ccc(N2CCN(c3nc(N4CCN(CCN)CC4)nc(N4CCOCC4)c3F)CC2)cc1. The molecule has 5 rings (SSSR count). The first-order valence-corrected chi connectivity index (χ1v) is 12.8. The van der Waals surface area contributed by atoms with Gasteiger partial charge in [0.25, 0.3) is 0 Å². The number of benzene rings is 1. The van der Waals surface area contributed by atoms with E-state index in [9.17, 15) is 0 Å². The number of anilines is 4. The summed E-state index contributed by atoms with van der Waals surface area (Å²) in [6, 6.07) is 8.60. The number of ether oxygens (including phenoxy) is 1. The molecule has 3 saturated heterocycles. The Labute approximate surface area is 207 Å². The van der Waals surface area contributed by atoms with E-state index in [1.165, 1.54) is 11.3 Å². The lowest BCUT2D eigenvalue weighted by Gasteiger charge is -2.39. The molecule has 0 bridgehead atoms. The van der Waals surface area contributed by atoms with Crippen molar-refractivity contribution in [3.05, 3.63) is 35.6 Å². The minimum Gasteiger partial charge on any atom is -0.378 e. The lowest BCUT2D eigenvalue weighted by Crippen LogP contribution is -2.49. The second-order valence-electron chi connectivity index (χ2n) is 9.51. The molecule has 0 unspecified atom stereocenters. The van der Waals surface area contributed by atoms with Gasteiger partial charge >= 0.3 is 0 Å². The Balaban J connectivity index is 1.37. The molecule has 0 spiro atoms. The molecule has 4 heterocycles. The molecule has 2 aromatic rings. The molecule has 3 fully saturated rings. The number of nitrogens with zero attached hydrogens (tertiary/aromatic N) is 7. The third kappa shape index (κ3) is 5.44. The summed E-state index contributed by atoms with van der Waals surface area (Å²) in [5.41, 5.74) is 8.20. The van der Waals surface area contributed by atoms with E-state index in [0.29, 0.717) is 63.5 Å². The normalized spacial score (nSPS) is 20.0. The van der Waals surface area contributed by atoms with Crippen molar-refractivity contribution in [2.24, 2.45) is 5.73 Å². The first-order chi connectivity index (χ1) is 17.1. The van der Waals surface area contributed by atoms with Crippen LogP contribution in [0.1, 0.15) is 5.56 Å². The maximum absolute atomic E-state index is 15.9. The van der Waals surface area contributed by atoms with Crippen molar-refractivity contribution in [3.8, 4) is 0 Å². The van der Waals surface area contributed by atoms with E-state index in [-0.39, 0.29) is 5.82 Å². The summed E-state index contributed by atoms with van der Waals surface area (Å²) < 4.78 is 21.4. The molecule has 0 atom stereocenters. The van der Waals surface area contributed by atoms with Crippen molar-refractivity contribution in [2.45, 2.75) is 6.92 Å². The van der Waals surface area contributed by atoms with Crippen LogP contribution in [0.25, 0.3) is 0 Å². The fraction of sp³-hybridized carbons (Fsp3) is 0.600. The summed E-state index contributed by atoms with van der Waals surface area (Å²) in [7, 11) is 0. The van der Waals surface area contributed by atoms with Crippen molar-refractivity contribution in [1.29, 1.82) is 0 Å². The molecule has 190 valence electrons. The van der Waals surface area contributed by atoms with Crippen LogP contribution in [0, 0.1) is 12.7 Å². The third-order valence-corrected chi connectivity index (χ3v) is 7.19. The zero-order valence-electron chi connectivity index (χ0n) is 20.7. The lowest BCUT2D eigenvalue weighted by atomic mass is 10.2. The van der Waals surface area contributed by atoms with Gasteiger partial charge in [-0.05, 0) is 19.1 Å². The molecule has 3 aliphatic heterocycles. The first-order valence-electron chi connectivity index (χ1n) is 12.8. The molecule has 1 aromatic heterocycles. The Kier molecular flexibility index (Phi) is 7.50. The number of hydrogen-bond donors (Lipinski definition) is 1. The minimum atomic E-state index is -0.318. The van der Waals surface area contributed by atoms with Gasteiger partial charge in [-0.15, -0.1) is 0 Å². The number of rotatable bonds is 6. The van der Waals surface area contributed by atoms with Crippen molar-refractivity contribution in [2.75, 3.05) is 111 Å². The van der Waals surface area contributed by atoms with Crippen molar-refractivity contribution < 1.29 is 9.13 Å². The van der Waals surface area contributed by atoms with Gasteiger partial charge in [0, 0.05) is 84.2 Å². The predicted octanol–water partition coefficient (Wildman–Crippen LogP) is 1.17. The molecule has 10 heteroatoms. The zero-order chi connectivity index (χ0) is 24.2. The van der Waals surface area contributed by atoms with E-state index in [1.54, 1.807) is 0 Å². The predicted molar refractivity (Wildman–Crippen MR) is 138 cm³/mol. The number of aryl methyl sites for hydroxylation is 1. The molecule has 0 aliphatic carbocycles. The number of aromatic nitrogens is 2. The fourth-order valence-corrected chi connectivity index (χ4v) is 5.03. The van der Waals surface area contributed by atoms with Gasteiger partial charge in [0.1, 0.15) is 0 Å². The second-order valence-corrected chi connectivity index (χ2v) is 9.51. The maximum atomic E-state index is 15.9. The average Bonchev–Trinajstić information content (AvgIpc) is 2.91. The summed E-state index contributed by atoms with van der Waals surface area (Å²) in [5.74, 6) is 1.13. The summed E-state index contributed by atoms with van der Waals surface area (Å²) in [4.78, 5) is 20.5. The third-order valence-electron chi connectivity index (χ3n) is 7.19. The number of hydrogen-bond acceptors (Lipinski definition) is 9. The van der Waals surface area contributed by atoms with Crippen LogP contribution in [-0.2, 0) is 4.74 Å². The number of piperazine rings is 2. The van der Waals surface area contributed by atoms with Gasteiger partial charge < -0.3 is 30.1 Å². The van der Waals surface area contributed by atoms with Crippen molar-refractivity contribution >= 4 is 23.3 Å². The van der Waals surface area contributed by atoms with Crippen LogP contribution in [0.5, 0.6) is 0 Å². The second kappa shape index (κ2) is 10.9. The van der Waals surface area contributed by atoms with E-state index in [0.717, 1.165) is 45.8 Å². The van der Waals surface area contributed by atoms with E-state index in [4.69, 9.17) is 20.4 Å².